The highest BCUT2D eigenvalue weighted by Crippen LogP contribution is 2.68. The van der Waals surface area contributed by atoms with Crippen LogP contribution in [-0.2, 0) is 14.4 Å². The highest BCUT2D eigenvalue weighted by atomic mass is 16.4. The Labute approximate surface area is 159 Å². The van der Waals surface area contributed by atoms with Crippen LogP contribution in [0.2, 0.25) is 0 Å². The molecule has 0 aromatic heterocycles. The van der Waals surface area contributed by atoms with Gasteiger partial charge >= 0.3 is 5.97 Å². The van der Waals surface area contributed by atoms with Crippen molar-refractivity contribution in [2.24, 2.45) is 5.41 Å². The van der Waals surface area contributed by atoms with Gasteiger partial charge in [-0.25, -0.2) is 0 Å². The maximum Gasteiger partial charge on any atom is 0.309 e. The van der Waals surface area contributed by atoms with Gasteiger partial charge in [0.05, 0.1) is 16.5 Å². The molecule has 144 valence electrons. The molecule has 0 radical (unpaired) electrons. The number of fused-ring (bicyclic) bond motifs is 1. The number of hydrogen-bond donors (Lipinski definition) is 3. The van der Waals surface area contributed by atoms with E-state index in [1.54, 1.807) is 12.1 Å². The fraction of sp³-hybridized carbons (Fsp3) is 0.421. The van der Waals surface area contributed by atoms with Crippen molar-refractivity contribution >= 4 is 35.3 Å². The SMILES string of the molecule is O=C1CCC(N2C(=O)c3cccc(NC45CC(C(=O)O)(C4)C5)c3C2=O)C(=O)N1. The highest BCUT2D eigenvalue weighted by molar-refractivity contribution is 6.25. The number of amides is 4. The van der Waals surface area contributed by atoms with Gasteiger partial charge in [-0.05, 0) is 37.8 Å². The summed E-state index contributed by atoms with van der Waals surface area (Å²) in [4.78, 5) is 61.6. The van der Waals surface area contributed by atoms with E-state index in [1.807, 2.05) is 0 Å². The zero-order valence-electron chi connectivity index (χ0n) is 14.8. The van der Waals surface area contributed by atoms with Gasteiger partial charge in [0, 0.05) is 17.6 Å². The first-order valence-electron chi connectivity index (χ1n) is 9.12. The third kappa shape index (κ3) is 2.04. The Morgan fingerprint density at radius 3 is 2.50 bits per heavy atom. The van der Waals surface area contributed by atoms with Gasteiger partial charge in [-0.2, -0.15) is 0 Å². The summed E-state index contributed by atoms with van der Waals surface area (Å²) in [6, 6.07) is 3.86. The molecule has 0 spiro atoms. The number of imide groups is 2. The number of carboxylic acids is 1. The minimum absolute atomic E-state index is 0.0648. The summed E-state index contributed by atoms with van der Waals surface area (Å²) >= 11 is 0. The number of benzene rings is 1. The molecule has 1 aromatic rings. The normalized spacial score (nSPS) is 33.0. The fourth-order valence-electron chi connectivity index (χ4n) is 5.05. The average molecular weight is 383 g/mol. The summed E-state index contributed by atoms with van der Waals surface area (Å²) in [5.41, 5.74) is -0.141. The Morgan fingerprint density at radius 2 is 1.86 bits per heavy atom. The molecule has 3 saturated carbocycles. The first kappa shape index (κ1) is 16.9. The molecule has 2 bridgehead atoms. The van der Waals surface area contributed by atoms with Gasteiger partial charge in [0.15, 0.2) is 0 Å². The van der Waals surface area contributed by atoms with Crippen molar-refractivity contribution in [3.8, 4) is 0 Å². The summed E-state index contributed by atoms with van der Waals surface area (Å²) in [6.45, 7) is 0. The molecule has 9 nitrogen and oxygen atoms in total. The minimum atomic E-state index is -1.01. The zero-order valence-corrected chi connectivity index (χ0v) is 14.8. The van der Waals surface area contributed by atoms with Crippen LogP contribution in [-0.4, -0.2) is 51.2 Å². The van der Waals surface area contributed by atoms with Gasteiger partial charge in [-0.15, -0.1) is 0 Å². The van der Waals surface area contributed by atoms with Crippen molar-refractivity contribution in [3.05, 3.63) is 29.3 Å². The van der Waals surface area contributed by atoms with Crippen molar-refractivity contribution < 1.29 is 29.1 Å². The number of anilines is 1. The Bertz CT molecular complexity index is 980. The lowest BCUT2D eigenvalue weighted by Gasteiger charge is -2.68. The van der Waals surface area contributed by atoms with E-state index in [0.717, 1.165) is 4.90 Å². The van der Waals surface area contributed by atoms with E-state index in [2.05, 4.69) is 10.6 Å². The molecule has 1 atom stereocenters. The van der Waals surface area contributed by atoms with Crippen LogP contribution in [0.25, 0.3) is 0 Å². The fourth-order valence-corrected chi connectivity index (χ4v) is 5.05. The minimum Gasteiger partial charge on any atom is -0.481 e. The molecule has 1 aromatic carbocycles. The van der Waals surface area contributed by atoms with E-state index in [4.69, 9.17) is 0 Å². The Hall–Kier alpha value is -3.23. The van der Waals surface area contributed by atoms with Crippen molar-refractivity contribution in [1.82, 2.24) is 10.2 Å². The predicted molar refractivity (Wildman–Crippen MR) is 93.4 cm³/mol. The molecule has 6 rings (SSSR count). The average Bonchev–Trinajstić information content (AvgIpc) is 2.82. The summed E-state index contributed by atoms with van der Waals surface area (Å²) in [5.74, 6) is -3.00. The summed E-state index contributed by atoms with van der Waals surface area (Å²) in [5, 5.41) is 14.7. The molecule has 2 heterocycles. The number of hydrogen-bond acceptors (Lipinski definition) is 6. The van der Waals surface area contributed by atoms with Crippen LogP contribution in [0.1, 0.15) is 52.8 Å². The Kier molecular flexibility index (Phi) is 3.13. The van der Waals surface area contributed by atoms with Crippen LogP contribution in [0.3, 0.4) is 0 Å². The van der Waals surface area contributed by atoms with Gasteiger partial charge in [-0.3, -0.25) is 34.2 Å². The second-order valence-electron chi connectivity index (χ2n) is 8.20. The molecule has 3 N–H and O–H groups in total. The molecular weight excluding hydrogens is 366 g/mol. The van der Waals surface area contributed by atoms with Crippen molar-refractivity contribution in [1.29, 1.82) is 0 Å². The van der Waals surface area contributed by atoms with E-state index in [1.165, 1.54) is 6.07 Å². The molecular formula is C19H17N3O6. The monoisotopic (exact) mass is 383 g/mol. The second-order valence-corrected chi connectivity index (χ2v) is 8.20. The molecule has 1 saturated heterocycles. The molecule has 5 aliphatic rings. The lowest BCUT2D eigenvalue weighted by molar-refractivity contribution is -0.186. The number of nitrogens with zero attached hydrogens (tertiary/aromatic N) is 1. The van der Waals surface area contributed by atoms with E-state index < -0.39 is 41.1 Å². The summed E-state index contributed by atoms with van der Waals surface area (Å²) in [6.07, 6.45) is 1.62. The van der Waals surface area contributed by atoms with Crippen LogP contribution in [0, 0.1) is 5.41 Å². The van der Waals surface area contributed by atoms with Crippen LogP contribution in [0.15, 0.2) is 18.2 Å². The van der Waals surface area contributed by atoms with E-state index >= 15 is 0 Å². The maximum atomic E-state index is 13.0. The molecule has 3 aliphatic carbocycles. The first-order chi connectivity index (χ1) is 13.3. The quantitative estimate of drug-likeness (QED) is 0.645. The molecule has 28 heavy (non-hydrogen) atoms. The van der Waals surface area contributed by atoms with Crippen LogP contribution < -0.4 is 10.6 Å². The van der Waals surface area contributed by atoms with Gasteiger partial charge in [0.2, 0.25) is 11.8 Å². The predicted octanol–water partition coefficient (Wildman–Crippen LogP) is 0.507. The van der Waals surface area contributed by atoms with Crippen molar-refractivity contribution in [3.63, 3.8) is 0 Å². The number of aliphatic carboxylic acids is 1. The number of rotatable bonds is 4. The van der Waals surface area contributed by atoms with Crippen molar-refractivity contribution in [2.45, 2.75) is 43.7 Å². The van der Waals surface area contributed by atoms with E-state index in [9.17, 15) is 29.1 Å². The van der Waals surface area contributed by atoms with Crippen LogP contribution in [0.5, 0.6) is 0 Å². The lowest BCUT2D eigenvalue weighted by atomic mass is 9.39. The third-order valence-corrected chi connectivity index (χ3v) is 6.35. The summed E-state index contributed by atoms with van der Waals surface area (Å²) < 4.78 is 0. The van der Waals surface area contributed by atoms with Gasteiger partial charge in [-0.1, -0.05) is 6.07 Å². The third-order valence-electron chi connectivity index (χ3n) is 6.35. The Morgan fingerprint density at radius 1 is 1.14 bits per heavy atom. The van der Waals surface area contributed by atoms with E-state index in [0.29, 0.717) is 24.9 Å². The van der Waals surface area contributed by atoms with Gasteiger partial charge < -0.3 is 10.4 Å². The first-order valence-corrected chi connectivity index (χ1v) is 9.12. The number of piperidine rings is 1. The van der Waals surface area contributed by atoms with E-state index in [-0.39, 0.29) is 29.5 Å². The number of carbonyl (C=O) groups excluding carboxylic acids is 4. The van der Waals surface area contributed by atoms with Gasteiger partial charge in [0.1, 0.15) is 6.04 Å². The highest BCUT2D eigenvalue weighted by Gasteiger charge is 2.72. The smallest absolute Gasteiger partial charge is 0.309 e. The molecule has 4 amide bonds. The lowest BCUT2D eigenvalue weighted by Crippen LogP contribution is -2.73. The Balaban J connectivity index is 1.42. The molecule has 1 unspecified atom stereocenters. The van der Waals surface area contributed by atoms with Crippen LogP contribution >= 0.6 is 0 Å². The largest absolute Gasteiger partial charge is 0.481 e. The molecule has 2 aliphatic heterocycles. The number of carbonyl (C=O) groups is 5. The zero-order chi connectivity index (χ0) is 19.8. The second kappa shape index (κ2) is 5.18. The molecule has 4 fully saturated rings. The topological polar surface area (TPSA) is 133 Å². The maximum absolute atomic E-state index is 13.0. The number of carboxylic acid groups (broad SMARTS) is 1. The van der Waals surface area contributed by atoms with Crippen molar-refractivity contribution in [2.75, 3.05) is 5.32 Å². The summed E-state index contributed by atoms with van der Waals surface area (Å²) in [7, 11) is 0. The number of nitrogens with one attached hydrogen (secondary N) is 2. The van der Waals surface area contributed by atoms with Gasteiger partial charge in [0.25, 0.3) is 11.8 Å². The molecule has 9 heteroatoms. The van der Waals surface area contributed by atoms with Crippen LogP contribution in [0.4, 0.5) is 5.69 Å². The standard InChI is InChI=1S/C19H17N3O6/c23-12-5-4-11(14(24)20-12)22-15(25)9-2-1-3-10(13(9)16(22)26)21-19-6-18(7-19,8-19)17(27)28/h1-3,11,21H,4-8H2,(H,27,28)(H,20,23,24).